The van der Waals surface area contributed by atoms with Crippen molar-refractivity contribution in [1.82, 2.24) is 24.8 Å². The van der Waals surface area contributed by atoms with E-state index in [1.165, 1.54) is 16.1 Å². The van der Waals surface area contributed by atoms with Gasteiger partial charge in [0.05, 0.1) is 23.9 Å². The fraction of sp³-hybridized carbons (Fsp3) is 0.471. The lowest BCUT2D eigenvalue weighted by Crippen LogP contribution is -2.40. The predicted molar refractivity (Wildman–Crippen MR) is 104 cm³/mol. The molecule has 0 spiro atoms. The molecule has 11 heteroatoms. The second-order valence-corrected chi connectivity index (χ2v) is 9.02. The number of ether oxygens (including phenoxy) is 1. The Morgan fingerprint density at radius 2 is 2.00 bits per heavy atom. The Hall–Kier alpha value is -1.95. The number of rotatable bonds is 8. The lowest BCUT2D eigenvalue weighted by Gasteiger charge is -2.26. The largest absolute Gasteiger partial charge is 0.379 e. The van der Waals surface area contributed by atoms with Gasteiger partial charge < -0.3 is 10.1 Å². The molecular formula is C17H23N5O4S2. The summed E-state index contributed by atoms with van der Waals surface area (Å²) in [7, 11) is -3.50. The van der Waals surface area contributed by atoms with Gasteiger partial charge in [-0.2, -0.15) is 4.31 Å². The Bertz CT molecular complexity index is 893. The van der Waals surface area contributed by atoms with Gasteiger partial charge in [0, 0.05) is 26.1 Å². The Kier molecular flexibility index (Phi) is 7.05. The molecule has 0 aliphatic carbocycles. The van der Waals surface area contributed by atoms with E-state index in [-0.39, 0.29) is 16.6 Å². The summed E-state index contributed by atoms with van der Waals surface area (Å²) in [5, 5.41) is 10.2. The first kappa shape index (κ1) is 20.8. The van der Waals surface area contributed by atoms with E-state index < -0.39 is 10.0 Å². The number of nitrogens with one attached hydrogen (secondary N) is 2. The molecule has 1 amide bonds. The molecule has 0 radical (unpaired) electrons. The molecule has 0 atom stereocenters. The molecule has 2 aromatic rings. The number of sulfonamides is 1. The summed E-state index contributed by atoms with van der Waals surface area (Å²) in [5.74, 6) is 0.859. The Morgan fingerprint density at radius 3 is 2.64 bits per heavy atom. The number of nitrogens with zero attached hydrogens (tertiary/aromatic N) is 3. The smallest absolute Gasteiger partial charge is 0.243 e. The SMILES string of the molecule is CCc1nc(SCC(=O)NCc2ccc(S(=O)(=O)N3CCOCC3)cc2)n[nH]1. The third-order valence-electron chi connectivity index (χ3n) is 4.20. The topological polar surface area (TPSA) is 117 Å². The van der Waals surface area contributed by atoms with Crippen LogP contribution in [0, 0.1) is 0 Å². The van der Waals surface area contributed by atoms with Crippen LogP contribution in [0.4, 0.5) is 0 Å². The average molecular weight is 426 g/mol. The highest BCUT2D eigenvalue weighted by molar-refractivity contribution is 7.99. The number of thioether (sulfide) groups is 1. The average Bonchev–Trinajstić information content (AvgIpc) is 3.20. The minimum absolute atomic E-state index is 0.141. The number of benzene rings is 1. The summed E-state index contributed by atoms with van der Waals surface area (Å²) in [6.45, 7) is 3.85. The highest BCUT2D eigenvalue weighted by Gasteiger charge is 2.26. The van der Waals surface area contributed by atoms with Crippen LogP contribution in [0.25, 0.3) is 0 Å². The van der Waals surface area contributed by atoms with Gasteiger partial charge in [0.1, 0.15) is 5.82 Å². The monoisotopic (exact) mass is 425 g/mol. The van der Waals surface area contributed by atoms with Gasteiger partial charge in [-0.1, -0.05) is 30.8 Å². The molecule has 1 fully saturated rings. The number of carbonyl (C=O) groups is 1. The molecule has 0 saturated carbocycles. The first-order chi connectivity index (χ1) is 13.5. The van der Waals surface area contributed by atoms with Crippen molar-refractivity contribution in [1.29, 1.82) is 0 Å². The van der Waals surface area contributed by atoms with Gasteiger partial charge in [0.25, 0.3) is 0 Å². The first-order valence-electron chi connectivity index (χ1n) is 8.96. The first-order valence-corrected chi connectivity index (χ1v) is 11.4. The number of amides is 1. The lowest BCUT2D eigenvalue weighted by atomic mass is 10.2. The summed E-state index contributed by atoms with van der Waals surface area (Å²) >= 11 is 1.26. The van der Waals surface area contributed by atoms with Crippen LogP contribution in [0.5, 0.6) is 0 Å². The van der Waals surface area contributed by atoms with Crippen LogP contribution in [0.3, 0.4) is 0 Å². The van der Waals surface area contributed by atoms with E-state index in [9.17, 15) is 13.2 Å². The second kappa shape index (κ2) is 9.50. The Labute approximate surface area is 168 Å². The maximum Gasteiger partial charge on any atom is 0.243 e. The van der Waals surface area contributed by atoms with Crippen LogP contribution >= 0.6 is 11.8 Å². The van der Waals surface area contributed by atoms with E-state index in [0.29, 0.717) is 38.0 Å². The number of aromatic nitrogens is 3. The molecule has 1 aliphatic heterocycles. The minimum Gasteiger partial charge on any atom is -0.379 e. The van der Waals surface area contributed by atoms with Gasteiger partial charge in [-0.3, -0.25) is 9.89 Å². The van der Waals surface area contributed by atoms with Gasteiger partial charge in [-0.25, -0.2) is 13.4 Å². The van der Waals surface area contributed by atoms with Crippen LogP contribution in [0.1, 0.15) is 18.3 Å². The van der Waals surface area contributed by atoms with E-state index in [4.69, 9.17) is 4.74 Å². The summed E-state index contributed by atoms with van der Waals surface area (Å²) in [6, 6.07) is 6.56. The molecule has 0 bridgehead atoms. The third kappa shape index (κ3) is 5.31. The lowest BCUT2D eigenvalue weighted by molar-refractivity contribution is -0.118. The van der Waals surface area contributed by atoms with E-state index in [1.54, 1.807) is 24.3 Å². The van der Waals surface area contributed by atoms with E-state index >= 15 is 0 Å². The third-order valence-corrected chi connectivity index (χ3v) is 6.96. The predicted octanol–water partition coefficient (Wildman–Crippen LogP) is 0.796. The molecule has 2 heterocycles. The fourth-order valence-corrected chi connectivity index (χ4v) is 4.65. The van der Waals surface area contributed by atoms with Gasteiger partial charge in [-0.05, 0) is 17.7 Å². The van der Waals surface area contributed by atoms with Crippen LogP contribution < -0.4 is 5.32 Å². The van der Waals surface area contributed by atoms with Crippen molar-refractivity contribution < 1.29 is 17.9 Å². The van der Waals surface area contributed by atoms with Crippen LogP contribution in [0.2, 0.25) is 0 Å². The normalized spacial score (nSPS) is 15.5. The van der Waals surface area contributed by atoms with Gasteiger partial charge in [-0.15, -0.1) is 5.10 Å². The fourth-order valence-electron chi connectivity index (χ4n) is 2.60. The van der Waals surface area contributed by atoms with Gasteiger partial charge >= 0.3 is 0 Å². The molecule has 1 aromatic heterocycles. The van der Waals surface area contributed by atoms with Crippen molar-refractivity contribution in [2.45, 2.75) is 29.9 Å². The number of hydrogen-bond acceptors (Lipinski definition) is 7. The molecule has 1 aliphatic rings. The van der Waals surface area contributed by atoms with E-state index in [1.807, 2.05) is 6.92 Å². The zero-order chi connectivity index (χ0) is 20.0. The van der Waals surface area contributed by atoms with Crippen molar-refractivity contribution in [3.63, 3.8) is 0 Å². The minimum atomic E-state index is -3.50. The highest BCUT2D eigenvalue weighted by Crippen LogP contribution is 2.18. The molecule has 1 aromatic carbocycles. The molecule has 9 nitrogen and oxygen atoms in total. The molecular weight excluding hydrogens is 402 g/mol. The summed E-state index contributed by atoms with van der Waals surface area (Å²) < 4.78 is 31.8. The number of aromatic amines is 1. The van der Waals surface area contributed by atoms with Crippen molar-refractivity contribution in [3.8, 4) is 0 Å². The molecule has 0 unspecified atom stereocenters. The van der Waals surface area contributed by atoms with Crippen LogP contribution in [-0.2, 0) is 32.5 Å². The zero-order valence-corrected chi connectivity index (χ0v) is 17.2. The number of hydrogen-bond donors (Lipinski definition) is 2. The Morgan fingerprint density at radius 1 is 1.29 bits per heavy atom. The van der Waals surface area contributed by atoms with Gasteiger partial charge in [0.15, 0.2) is 0 Å². The summed E-state index contributed by atoms with van der Waals surface area (Å²) in [4.78, 5) is 16.5. The summed E-state index contributed by atoms with van der Waals surface area (Å²) in [5.41, 5.74) is 0.824. The number of morpholine rings is 1. The standard InChI is InChI=1S/C17H23N5O4S2/c1-2-15-19-17(21-20-15)27-12-16(23)18-11-13-3-5-14(6-4-13)28(24,25)22-7-9-26-10-8-22/h3-6H,2,7-12H2,1H3,(H,18,23)(H,19,20,21). The number of aryl methyl sites for hydroxylation is 1. The van der Waals surface area contributed by atoms with Gasteiger partial charge in [0.2, 0.25) is 21.1 Å². The zero-order valence-electron chi connectivity index (χ0n) is 15.6. The molecule has 152 valence electrons. The quantitative estimate of drug-likeness (QED) is 0.601. The van der Waals surface area contributed by atoms with Crippen molar-refractivity contribution in [2.24, 2.45) is 0 Å². The van der Waals surface area contributed by atoms with Crippen molar-refractivity contribution >= 4 is 27.7 Å². The van der Waals surface area contributed by atoms with Crippen LogP contribution in [-0.4, -0.2) is 65.9 Å². The molecule has 3 rings (SSSR count). The molecule has 1 saturated heterocycles. The maximum absolute atomic E-state index is 12.6. The molecule has 28 heavy (non-hydrogen) atoms. The van der Waals surface area contributed by atoms with Crippen LogP contribution in [0.15, 0.2) is 34.3 Å². The number of H-pyrrole nitrogens is 1. The second-order valence-electron chi connectivity index (χ2n) is 6.14. The van der Waals surface area contributed by atoms with E-state index in [2.05, 4.69) is 20.5 Å². The summed E-state index contributed by atoms with van der Waals surface area (Å²) in [6.07, 6.45) is 0.761. The highest BCUT2D eigenvalue weighted by atomic mass is 32.2. The maximum atomic E-state index is 12.6. The number of carbonyl (C=O) groups excluding carboxylic acids is 1. The Balaban J connectivity index is 1.49. The van der Waals surface area contributed by atoms with E-state index in [0.717, 1.165) is 17.8 Å². The van der Waals surface area contributed by atoms with Crippen molar-refractivity contribution in [3.05, 3.63) is 35.7 Å². The van der Waals surface area contributed by atoms with Crippen molar-refractivity contribution in [2.75, 3.05) is 32.1 Å². The molecule has 2 N–H and O–H groups in total.